The molecule has 0 unspecified atom stereocenters. The zero-order valence-electron chi connectivity index (χ0n) is 13.9. The van der Waals surface area contributed by atoms with Crippen LogP contribution in [0.15, 0.2) is 42.5 Å². The molecule has 0 radical (unpaired) electrons. The van der Waals surface area contributed by atoms with Crippen molar-refractivity contribution in [1.82, 2.24) is 9.97 Å². The maximum absolute atomic E-state index is 13.7. The number of nitrogens with one attached hydrogen (secondary N) is 2. The van der Waals surface area contributed by atoms with Crippen molar-refractivity contribution in [2.75, 3.05) is 10.6 Å². The molecular formula is C18H12ClF3N4O. The van der Waals surface area contributed by atoms with Crippen LogP contribution in [-0.2, 0) is 0 Å². The van der Waals surface area contributed by atoms with Crippen LogP contribution in [0.2, 0.25) is 5.02 Å². The number of carbonyl (C=O) groups excluding carboxylic acids is 1. The Balaban J connectivity index is 1.86. The summed E-state index contributed by atoms with van der Waals surface area (Å²) in [5, 5.41) is 5.56. The summed E-state index contributed by atoms with van der Waals surface area (Å²) in [6.45, 7) is 1.56. The normalized spacial score (nSPS) is 10.6. The van der Waals surface area contributed by atoms with Crippen LogP contribution in [0.25, 0.3) is 0 Å². The highest BCUT2D eigenvalue weighted by atomic mass is 35.5. The van der Waals surface area contributed by atoms with Crippen LogP contribution in [0.4, 0.5) is 30.4 Å². The molecule has 1 amide bonds. The van der Waals surface area contributed by atoms with Gasteiger partial charge in [0.2, 0.25) is 0 Å². The molecule has 9 heteroatoms. The molecule has 0 aliphatic rings. The average molecular weight is 393 g/mol. The van der Waals surface area contributed by atoms with Gasteiger partial charge < -0.3 is 10.6 Å². The third-order valence-electron chi connectivity index (χ3n) is 3.49. The first-order valence-corrected chi connectivity index (χ1v) is 8.05. The van der Waals surface area contributed by atoms with E-state index in [0.717, 1.165) is 6.07 Å². The Kier molecular flexibility index (Phi) is 5.27. The summed E-state index contributed by atoms with van der Waals surface area (Å²) in [5.41, 5.74) is -0.0350. The lowest BCUT2D eigenvalue weighted by atomic mass is 10.2. The number of anilines is 3. The number of halogens is 4. The van der Waals surface area contributed by atoms with E-state index < -0.39 is 29.0 Å². The van der Waals surface area contributed by atoms with E-state index in [1.807, 2.05) is 0 Å². The number of amides is 1. The van der Waals surface area contributed by atoms with E-state index in [4.69, 9.17) is 11.6 Å². The van der Waals surface area contributed by atoms with Crippen molar-refractivity contribution >= 4 is 34.7 Å². The number of hydrogen-bond donors (Lipinski definition) is 2. The fourth-order valence-corrected chi connectivity index (χ4v) is 2.44. The van der Waals surface area contributed by atoms with Crippen molar-refractivity contribution in [2.24, 2.45) is 0 Å². The fourth-order valence-electron chi connectivity index (χ4n) is 2.26. The molecular weight excluding hydrogens is 381 g/mol. The molecule has 1 aromatic heterocycles. The highest BCUT2D eigenvalue weighted by Gasteiger charge is 2.17. The van der Waals surface area contributed by atoms with Gasteiger partial charge in [0.1, 0.15) is 17.3 Å². The monoisotopic (exact) mass is 392 g/mol. The largest absolute Gasteiger partial charge is 0.339 e. The Labute approximate surface area is 157 Å². The van der Waals surface area contributed by atoms with Gasteiger partial charge >= 0.3 is 0 Å². The van der Waals surface area contributed by atoms with E-state index in [1.165, 1.54) is 6.07 Å². The lowest BCUT2D eigenvalue weighted by Gasteiger charge is -2.11. The Morgan fingerprint density at radius 1 is 1.00 bits per heavy atom. The van der Waals surface area contributed by atoms with E-state index in [0.29, 0.717) is 16.8 Å². The van der Waals surface area contributed by atoms with Crippen molar-refractivity contribution < 1.29 is 18.0 Å². The van der Waals surface area contributed by atoms with Crippen LogP contribution in [0.5, 0.6) is 0 Å². The van der Waals surface area contributed by atoms with Gasteiger partial charge in [-0.25, -0.2) is 23.1 Å². The van der Waals surface area contributed by atoms with E-state index in [2.05, 4.69) is 20.6 Å². The minimum absolute atomic E-state index is 0.0961. The molecule has 138 valence electrons. The Morgan fingerprint density at radius 2 is 1.74 bits per heavy atom. The Morgan fingerprint density at radius 3 is 2.48 bits per heavy atom. The van der Waals surface area contributed by atoms with E-state index in [1.54, 1.807) is 31.2 Å². The zero-order chi connectivity index (χ0) is 19.6. The topological polar surface area (TPSA) is 66.9 Å². The Bertz CT molecular complexity index is 1030. The van der Waals surface area contributed by atoms with E-state index >= 15 is 0 Å². The average Bonchev–Trinajstić information content (AvgIpc) is 2.63. The number of nitrogens with zero attached hydrogens (tertiary/aromatic N) is 2. The smallest absolute Gasteiger partial charge is 0.274 e. The second-order valence-electron chi connectivity index (χ2n) is 5.47. The molecule has 0 bridgehead atoms. The minimum atomic E-state index is -1.67. The number of para-hydroxylation sites is 1. The molecule has 3 rings (SSSR count). The molecule has 5 nitrogen and oxygen atoms in total. The van der Waals surface area contributed by atoms with Crippen molar-refractivity contribution in [3.63, 3.8) is 0 Å². The fraction of sp³-hybridized carbons (Fsp3) is 0.0556. The molecule has 0 aliphatic heterocycles. The van der Waals surface area contributed by atoms with Crippen LogP contribution in [-0.4, -0.2) is 15.9 Å². The van der Waals surface area contributed by atoms with Crippen LogP contribution in [0.1, 0.15) is 16.3 Å². The first-order valence-electron chi connectivity index (χ1n) is 7.67. The SMILES string of the molecule is Cc1nc(Nc2ccccc2Cl)cc(C(=O)Nc2ccc(F)c(F)c2F)n1. The summed E-state index contributed by atoms with van der Waals surface area (Å²) in [6, 6.07) is 9.87. The summed E-state index contributed by atoms with van der Waals surface area (Å²) in [5.74, 6) is -4.78. The summed E-state index contributed by atoms with van der Waals surface area (Å²) < 4.78 is 40.0. The summed E-state index contributed by atoms with van der Waals surface area (Å²) in [6.07, 6.45) is 0. The second kappa shape index (κ2) is 7.63. The van der Waals surface area contributed by atoms with Gasteiger partial charge in [0.15, 0.2) is 17.5 Å². The molecule has 3 aromatic rings. The molecule has 0 fully saturated rings. The van der Waals surface area contributed by atoms with E-state index in [9.17, 15) is 18.0 Å². The molecule has 0 spiro atoms. The molecule has 1 heterocycles. The predicted octanol–water partition coefficient (Wildman–Crippen LogP) is 4.85. The van der Waals surface area contributed by atoms with Gasteiger partial charge in [0.25, 0.3) is 5.91 Å². The quantitative estimate of drug-likeness (QED) is 0.623. The molecule has 27 heavy (non-hydrogen) atoms. The number of carbonyl (C=O) groups is 1. The summed E-state index contributed by atoms with van der Waals surface area (Å²) in [7, 11) is 0. The summed E-state index contributed by atoms with van der Waals surface area (Å²) in [4.78, 5) is 20.5. The van der Waals surface area contributed by atoms with Crippen LogP contribution >= 0.6 is 11.6 Å². The lowest BCUT2D eigenvalue weighted by Crippen LogP contribution is -2.17. The van der Waals surface area contributed by atoms with Crippen molar-refractivity contribution in [1.29, 1.82) is 0 Å². The van der Waals surface area contributed by atoms with Gasteiger partial charge in [-0.05, 0) is 31.2 Å². The van der Waals surface area contributed by atoms with Gasteiger partial charge in [-0.3, -0.25) is 4.79 Å². The predicted molar refractivity (Wildman–Crippen MR) is 95.8 cm³/mol. The maximum Gasteiger partial charge on any atom is 0.274 e. The minimum Gasteiger partial charge on any atom is -0.339 e. The van der Waals surface area contributed by atoms with Gasteiger partial charge in [-0.1, -0.05) is 23.7 Å². The molecule has 0 aliphatic carbocycles. The number of aryl methyl sites for hydroxylation is 1. The van der Waals surface area contributed by atoms with Crippen molar-refractivity contribution in [3.05, 3.63) is 76.5 Å². The van der Waals surface area contributed by atoms with Gasteiger partial charge in [0, 0.05) is 6.07 Å². The molecule has 2 N–H and O–H groups in total. The summed E-state index contributed by atoms with van der Waals surface area (Å²) >= 11 is 6.08. The zero-order valence-corrected chi connectivity index (χ0v) is 14.6. The number of hydrogen-bond acceptors (Lipinski definition) is 4. The third-order valence-corrected chi connectivity index (χ3v) is 3.82. The van der Waals surface area contributed by atoms with E-state index in [-0.39, 0.29) is 17.3 Å². The van der Waals surface area contributed by atoms with Gasteiger partial charge in [-0.15, -0.1) is 0 Å². The lowest BCUT2D eigenvalue weighted by molar-refractivity contribution is 0.102. The van der Waals surface area contributed by atoms with Crippen molar-refractivity contribution in [2.45, 2.75) is 6.92 Å². The Hall–Kier alpha value is -3.13. The molecule has 0 saturated heterocycles. The molecule has 0 atom stereocenters. The standard InChI is InChI=1S/C18H12ClF3N4O/c1-9-23-14(8-15(24-9)25-12-5-3-2-4-10(12)19)18(27)26-13-7-6-11(20)16(21)17(13)22/h2-8H,1H3,(H,26,27)(H,23,24,25). The van der Waals surface area contributed by atoms with Crippen molar-refractivity contribution in [3.8, 4) is 0 Å². The number of aromatic nitrogens is 2. The highest BCUT2D eigenvalue weighted by Crippen LogP contribution is 2.25. The molecule has 0 saturated carbocycles. The van der Waals surface area contributed by atoms with Gasteiger partial charge in [-0.2, -0.15) is 0 Å². The third kappa shape index (κ3) is 4.17. The van der Waals surface area contributed by atoms with Gasteiger partial charge in [0.05, 0.1) is 16.4 Å². The number of benzene rings is 2. The van der Waals surface area contributed by atoms with Crippen LogP contribution < -0.4 is 10.6 Å². The first kappa shape index (κ1) is 18.7. The second-order valence-corrected chi connectivity index (χ2v) is 5.87. The highest BCUT2D eigenvalue weighted by molar-refractivity contribution is 6.33. The molecule has 2 aromatic carbocycles. The first-order chi connectivity index (χ1) is 12.8. The van der Waals surface area contributed by atoms with Crippen LogP contribution in [0, 0.1) is 24.4 Å². The number of rotatable bonds is 4. The maximum atomic E-state index is 13.7. The van der Waals surface area contributed by atoms with Crippen LogP contribution in [0.3, 0.4) is 0 Å².